The van der Waals surface area contributed by atoms with Crippen LogP contribution in [0.3, 0.4) is 0 Å². The number of nitrogens with one attached hydrogen (secondary N) is 1. The van der Waals surface area contributed by atoms with Crippen LogP contribution in [0.25, 0.3) is 0 Å². The lowest BCUT2D eigenvalue weighted by Crippen LogP contribution is -2.32. The Hall–Kier alpha value is -0.810. The zero-order chi connectivity index (χ0) is 14.4. The molecule has 1 N–H and O–H groups in total. The van der Waals surface area contributed by atoms with Crippen molar-refractivity contribution in [2.45, 2.75) is 46.3 Å². The van der Waals surface area contributed by atoms with Gasteiger partial charge in [0, 0.05) is 48.9 Å². The zero-order valence-corrected chi connectivity index (χ0v) is 13.7. The molecule has 1 aromatic heterocycles. The fourth-order valence-corrected chi connectivity index (χ4v) is 2.39. The van der Waals surface area contributed by atoms with Crippen molar-refractivity contribution in [2.75, 3.05) is 24.0 Å². The minimum absolute atomic E-state index is 0.439. The smallest absolute Gasteiger partial charge is 0.225 e. The van der Waals surface area contributed by atoms with E-state index >= 15 is 0 Å². The van der Waals surface area contributed by atoms with Crippen LogP contribution in [0.2, 0.25) is 0 Å². The van der Waals surface area contributed by atoms with Gasteiger partial charge in [0.1, 0.15) is 0 Å². The number of aryl methyl sites for hydroxylation is 1. The van der Waals surface area contributed by atoms with Gasteiger partial charge in [0.25, 0.3) is 0 Å². The molecule has 0 aromatic carbocycles. The normalized spacial score (nSPS) is 12.8. The summed E-state index contributed by atoms with van der Waals surface area (Å²) in [5.74, 6) is 1.89. The number of hydrogen-bond donors (Lipinski definition) is 1. The molecule has 0 amide bonds. The highest BCUT2D eigenvalue weighted by Gasteiger charge is 2.13. The molecule has 0 saturated carbocycles. The van der Waals surface area contributed by atoms with E-state index in [4.69, 9.17) is 0 Å². The molecule has 1 rings (SSSR count). The van der Waals surface area contributed by atoms with Crippen LogP contribution >= 0.6 is 11.8 Å². The maximum atomic E-state index is 4.62. The molecule has 0 aliphatic carbocycles. The van der Waals surface area contributed by atoms with Crippen molar-refractivity contribution in [1.29, 1.82) is 0 Å². The summed E-state index contributed by atoms with van der Waals surface area (Å²) >= 11 is 1.84. The van der Waals surface area contributed by atoms with Gasteiger partial charge in [0.15, 0.2) is 0 Å². The first-order chi connectivity index (χ1) is 8.95. The highest BCUT2D eigenvalue weighted by Crippen LogP contribution is 2.14. The fraction of sp³-hybridized carbons (Fsp3) is 0.714. The average Bonchev–Trinajstić information content (AvgIpc) is 2.36. The van der Waals surface area contributed by atoms with E-state index in [0.717, 1.165) is 23.9 Å². The van der Waals surface area contributed by atoms with Gasteiger partial charge in [0.05, 0.1) is 0 Å². The largest absolute Gasteiger partial charge is 0.340 e. The second-order valence-electron chi connectivity index (χ2n) is 5.23. The lowest BCUT2D eigenvalue weighted by atomic mass is 10.2. The predicted molar refractivity (Wildman–Crippen MR) is 85.0 cm³/mol. The summed E-state index contributed by atoms with van der Waals surface area (Å²) in [6.07, 6.45) is 4.06. The highest BCUT2D eigenvalue weighted by atomic mass is 32.2. The Labute approximate surface area is 121 Å². The molecular weight excluding hydrogens is 256 g/mol. The van der Waals surface area contributed by atoms with Crippen molar-refractivity contribution in [1.82, 2.24) is 15.3 Å². The summed E-state index contributed by atoms with van der Waals surface area (Å²) < 4.78 is 0. The summed E-state index contributed by atoms with van der Waals surface area (Å²) in [6, 6.07) is 0.914. The lowest BCUT2D eigenvalue weighted by Gasteiger charge is -2.24. The van der Waals surface area contributed by atoms with Crippen molar-refractivity contribution in [2.24, 2.45) is 0 Å². The third-order valence-corrected chi connectivity index (χ3v) is 3.97. The van der Waals surface area contributed by atoms with Gasteiger partial charge in [-0.25, -0.2) is 9.97 Å². The first kappa shape index (κ1) is 16.2. The van der Waals surface area contributed by atoms with E-state index in [1.807, 2.05) is 18.0 Å². The van der Waals surface area contributed by atoms with Gasteiger partial charge >= 0.3 is 0 Å². The molecule has 1 heterocycles. The Morgan fingerprint density at radius 3 is 2.58 bits per heavy atom. The van der Waals surface area contributed by atoms with Crippen LogP contribution in [-0.4, -0.2) is 41.1 Å². The van der Waals surface area contributed by atoms with Crippen LogP contribution in [0.1, 0.15) is 32.0 Å². The Morgan fingerprint density at radius 2 is 2.05 bits per heavy atom. The van der Waals surface area contributed by atoms with Gasteiger partial charge in [-0.15, -0.1) is 0 Å². The molecule has 0 bridgehead atoms. The fourth-order valence-electron chi connectivity index (χ4n) is 1.69. The first-order valence-corrected chi connectivity index (χ1v) is 8.12. The van der Waals surface area contributed by atoms with Gasteiger partial charge in [-0.3, -0.25) is 0 Å². The third-order valence-electron chi connectivity index (χ3n) is 3.15. The summed E-state index contributed by atoms with van der Waals surface area (Å²) in [5.41, 5.74) is 2.23. The van der Waals surface area contributed by atoms with Gasteiger partial charge < -0.3 is 10.2 Å². The van der Waals surface area contributed by atoms with Gasteiger partial charge in [-0.2, -0.15) is 11.8 Å². The Balaban J connectivity index is 2.75. The Morgan fingerprint density at radius 1 is 1.37 bits per heavy atom. The summed E-state index contributed by atoms with van der Waals surface area (Å²) in [6.45, 7) is 9.36. The summed E-state index contributed by atoms with van der Waals surface area (Å²) in [4.78, 5) is 11.2. The molecule has 0 fully saturated rings. The monoisotopic (exact) mass is 282 g/mol. The van der Waals surface area contributed by atoms with E-state index in [-0.39, 0.29) is 0 Å². The zero-order valence-electron chi connectivity index (χ0n) is 12.9. The van der Waals surface area contributed by atoms with Gasteiger partial charge in [-0.05, 0) is 20.1 Å². The van der Waals surface area contributed by atoms with Crippen molar-refractivity contribution in [3.63, 3.8) is 0 Å². The molecule has 19 heavy (non-hydrogen) atoms. The molecule has 0 aliphatic heterocycles. The molecule has 1 unspecified atom stereocenters. The molecule has 0 aliphatic rings. The van der Waals surface area contributed by atoms with E-state index < -0.39 is 0 Å². The van der Waals surface area contributed by atoms with Gasteiger partial charge in [0.2, 0.25) is 5.95 Å². The second-order valence-corrected chi connectivity index (χ2v) is 6.14. The first-order valence-electron chi connectivity index (χ1n) is 6.73. The van der Waals surface area contributed by atoms with E-state index in [2.05, 4.69) is 61.2 Å². The third kappa shape index (κ3) is 4.99. The summed E-state index contributed by atoms with van der Waals surface area (Å²) in [7, 11) is 2.06. The van der Waals surface area contributed by atoms with Crippen LogP contribution in [-0.2, 0) is 6.54 Å². The van der Waals surface area contributed by atoms with E-state index in [1.54, 1.807) is 0 Å². The standard InChI is InChI=1S/C14H26N4S/c1-10(2)15-7-13-8-16-14(17-12(13)4)18(5)11(3)9-19-6/h8,10-11,15H,7,9H2,1-6H3. The van der Waals surface area contributed by atoms with Crippen LogP contribution in [0.4, 0.5) is 5.95 Å². The van der Waals surface area contributed by atoms with Crippen LogP contribution in [0.15, 0.2) is 6.20 Å². The van der Waals surface area contributed by atoms with Crippen molar-refractivity contribution >= 4 is 17.7 Å². The van der Waals surface area contributed by atoms with E-state index in [9.17, 15) is 0 Å². The molecule has 4 nitrogen and oxygen atoms in total. The molecule has 0 radical (unpaired) electrons. The van der Waals surface area contributed by atoms with Crippen LogP contribution in [0, 0.1) is 6.92 Å². The number of nitrogens with zero attached hydrogens (tertiary/aromatic N) is 3. The number of anilines is 1. The van der Waals surface area contributed by atoms with Crippen LogP contribution < -0.4 is 10.2 Å². The molecule has 1 aromatic rings. The Bertz CT molecular complexity index is 395. The quantitative estimate of drug-likeness (QED) is 0.832. The molecule has 0 spiro atoms. The molecule has 1 atom stereocenters. The number of rotatable bonds is 7. The average molecular weight is 282 g/mol. The highest BCUT2D eigenvalue weighted by molar-refractivity contribution is 7.98. The van der Waals surface area contributed by atoms with Crippen molar-refractivity contribution in [3.8, 4) is 0 Å². The SMILES string of the molecule is CSCC(C)N(C)c1ncc(CNC(C)C)c(C)n1. The molecular formula is C14H26N4S. The maximum Gasteiger partial charge on any atom is 0.225 e. The Kier molecular flexibility index (Phi) is 6.58. The topological polar surface area (TPSA) is 41.1 Å². The van der Waals surface area contributed by atoms with E-state index in [0.29, 0.717) is 12.1 Å². The van der Waals surface area contributed by atoms with Crippen LogP contribution in [0.5, 0.6) is 0 Å². The second kappa shape index (κ2) is 7.70. The summed E-state index contributed by atoms with van der Waals surface area (Å²) in [5, 5.41) is 3.40. The van der Waals surface area contributed by atoms with Gasteiger partial charge in [-0.1, -0.05) is 13.8 Å². The molecule has 0 saturated heterocycles. The maximum absolute atomic E-state index is 4.62. The number of aromatic nitrogens is 2. The van der Waals surface area contributed by atoms with Crippen molar-refractivity contribution in [3.05, 3.63) is 17.5 Å². The molecule has 108 valence electrons. The molecule has 5 heteroatoms. The minimum atomic E-state index is 0.439. The van der Waals surface area contributed by atoms with E-state index in [1.165, 1.54) is 5.56 Å². The minimum Gasteiger partial charge on any atom is -0.340 e. The lowest BCUT2D eigenvalue weighted by molar-refractivity contribution is 0.584. The number of hydrogen-bond acceptors (Lipinski definition) is 5. The number of thioether (sulfide) groups is 1. The van der Waals surface area contributed by atoms with Crippen molar-refractivity contribution < 1.29 is 0 Å². The predicted octanol–water partition coefficient (Wildman–Crippen LogP) is 2.47.